The zero-order valence-electron chi connectivity index (χ0n) is 19.9. The molecular weight excluding hydrogens is 462 g/mol. The van der Waals surface area contributed by atoms with E-state index in [-0.39, 0.29) is 23.8 Å². The van der Waals surface area contributed by atoms with Crippen LogP contribution < -0.4 is 20.3 Å². The minimum atomic E-state index is -0.212. The number of nitrogens with zero attached hydrogens (tertiary/aromatic N) is 2. The third kappa shape index (κ3) is 5.84. The lowest BCUT2D eigenvalue weighted by molar-refractivity contribution is -0.118. The molecule has 0 saturated carbocycles. The highest BCUT2D eigenvalue weighted by Crippen LogP contribution is 2.24. The Labute approximate surface area is 208 Å². The molecule has 0 saturated heterocycles. The van der Waals surface area contributed by atoms with Crippen LogP contribution in [-0.2, 0) is 17.9 Å². The molecule has 180 valence electrons. The van der Waals surface area contributed by atoms with Gasteiger partial charge in [0.25, 0.3) is 5.56 Å². The molecule has 1 amide bonds. The number of amides is 1. The molecule has 1 aromatic heterocycles. The van der Waals surface area contributed by atoms with Gasteiger partial charge in [-0.15, -0.1) is 0 Å². The van der Waals surface area contributed by atoms with Crippen LogP contribution in [0.15, 0.2) is 76.6 Å². The predicted octanol–water partition coefficient (Wildman–Crippen LogP) is 4.18. The van der Waals surface area contributed by atoms with Gasteiger partial charge in [-0.2, -0.15) is 0 Å². The summed E-state index contributed by atoms with van der Waals surface area (Å²) in [4.78, 5) is 30.4. The molecule has 7 nitrogen and oxygen atoms in total. The van der Waals surface area contributed by atoms with E-state index in [2.05, 4.69) is 10.3 Å². The molecule has 35 heavy (non-hydrogen) atoms. The molecule has 0 atom stereocenters. The smallest absolute Gasteiger partial charge is 0.283 e. The first-order chi connectivity index (χ1) is 17.0. The molecule has 4 rings (SSSR count). The number of rotatable bonds is 9. The average Bonchev–Trinajstić information content (AvgIpc) is 2.89. The van der Waals surface area contributed by atoms with Gasteiger partial charge in [-0.25, -0.2) is 4.98 Å². The Bertz CT molecular complexity index is 1400. The summed E-state index contributed by atoms with van der Waals surface area (Å²) in [6.07, 6.45) is 0. The monoisotopic (exact) mass is 489 g/mol. The fourth-order valence-electron chi connectivity index (χ4n) is 3.69. The van der Waals surface area contributed by atoms with E-state index in [1.807, 2.05) is 61.5 Å². The molecule has 0 aliphatic heterocycles. The van der Waals surface area contributed by atoms with Gasteiger partial charge in [-0.1, -0.05) is 53.7 Å². The fraction of sp³-hybridized carbons (Fsp3) is 0.222. The Morgan fingerprint density at radius 1 is 1.03 bits per heavy atom. The largest absolute Gasteiger partial charge is 0.497 e. The number of benzene rings is 3. The Kier molecular flexibility index (Phi) is 7.72. The van der Waals surface area contributed by atoms with Crippen LogP contribution in [0.25, 0.3) is 11.0 Å². The molecule has 3 aromatic carbocycles. The van der Waals surface area contributed by atoms with Crippen molar-refractivity contribution in [2.24, 2.45) is 0 Å². The number of para-hydroxylation sites is 2. The SMILES string of the molecule is COc1ccc(OC)c(CNC(=O)CSc2nc3ccccc3n(Cc3ccc(C)cc3)c2=O)c1. The van der Waals surface area contributed by atoms with Crippen molar-refractivity contribution in [3.05, 3.63) is 93.8 Å². The summed E-state index contributed by atoms with van der Waals surface area (Å²) < 4.78 is 12.3. The van der Waals surface area contributed by atoms with Crippen molar-refractivity contribution in [3.8, 4) is 11.5 Å². The van der Waals surface area contributed by atoms with Crippen molar-refractivity contribution in [2.45, 2.75) is 25.0 Å². The molecule has 0 bridgehead atoms. The highest BCUT2D eigenvalue weighted by Gasteiger charge is 2.14. The van der Waals surface area contributed by atoms with Crippen LogP contribution in [0.1, 0.15) is 16.7 Å². The van der Waals surface area contributed by atoms with E-state index in [4.69, 9.17) is 9.47 Å². The number of fused-ring (bicyclic) bond motifs is 1. The van der Waals surface area contributed by atoms with E-state index in [0.717, 1.165) is 34.0 Å². The average molecular weight is 490 g/mol. The topological polar surface area (TPSA) is 82.4 Å². The van der Waals surface area contributed by atoms with Gasteiger partial charge in [0, 0.05) is 12.1 Å². The van der Waals surface area contributed by atoms with Crippen molar-refractivity contribution in [1.82, 2.24) is 14.9 Å². The maximum atomic E-state index is 13.3. The molecule has 0 aliphatic rings. The first-order valence-electron chi connectivity index (χ1n) is 11.1. The van der Waals surface area contributed by atoms with E-state index >= 15 is 0 Å². The number of nitrogens with one attached hydrogen (secondary N) is 1. The van der Waals surface area contributed by atoms with E-state index < -0.39 is 0 Å². The molecule has 4 aromatic rings. The number of methoxy groups -OCH3 is 2. The minimum Gasteiger partial charge on any atom is -0.497 e. The molecule has 1 N–H and O–H groups in total. The number of aryl methyl sites for hydroxylation is 1. The van der Waals surface area contributed by atoms with Crippen molar-refractivity contribution in [2.75, 3.05) is 20.0 Å². The van der Waals surface area contributed by atoms with Gasteiger partial charge < -0.3 is 14.8 Å². The summed E-state index contributed by atoms with van der Waals surface area (Å²) in [6.45, 7) is 2.74. The summed E-state index contributed by atoms with van der Waals surface area (Å²) in [5, 5.41) is 3.18. The van der Waals surface area contributed by atoms with E-state index in [9.17, 15) is 9.59 Å². The van der Waals surface area contributed by atoms with Crippen LogP contribution in [0.2, 0.25) is 0 Å². The number of aromatic nitrogens is 2. The third-order valence-electron chi connectivity index (χ3n) is 5.59. The second kappa shape index (κ2) is 11.1. The van der Waals surface area contributed by atoms with Crippen molar-refractivity contribution in [3.63, 3.8) is 0 Å². The van der Waals surface area contributed by atoms with Gasteiger partial charge in [-0.3, -0.25) is 14.2 Å². The summed E-state index contributed by atoms with van der Waals surface area (Å²) >= 11 is 1.14. The zero-order chi connectivity index (χ0) is 24.8. The van der Waals surface area contributed by atoms with E-state index in [1.54, 1.807) is 30.9 Å². The highest BCUT2D eigenvalue weighted by molar-refractivity contribution is 7.99. The Morgan fingerprint density at radius 2 is 1.80 bits per heavy atom. The first kappa shape index (κ1) is 24.3. The predicted molar refractivity (Wildman–Crippen MR) is 138 cm³/mol. The number of carbonyl (C=O) groups is 1. The molecule has 0 fully saturated rings. The van der Waals surface area contributed by atoms with Crippen LogP contribution in [0.3, 0.4) is 0 Å². The highest BCUT2D eigenvalue weighted by atomic mass is 32.2. The normalized spacial score (nSPS) is 10.8. The minimum absolute atomic E-state index is 0.0669. The summed E-state index contributed by atoms with van der Waals surface area (Å²) in [5.74, 6) is 1.20. The van der Waals surface area contributed by atoms with Gasteiger partial charge in [0.15, 0.2) is 5.03 Å². The maximum Gasteiger partial charge on any atom is 0.283 e. The maximum absolute atomic E-state index is 13.3. The third-order valence-corrected chi connectivity index (χ3v) is 6.53. The summed E-state index contributed by atoms with van der Waals surface area (Å²) in [7, 11) is 3.17. The Morgan fingerprint density at radius 3 is 2.54 bits per heavy atom. The van der Waals surface area contributed by atoms with Crippen molar-refractivity contribution >= 4 is 28.7 Å². The fourth-order valence-corrected chi connectivity index (χ4v) is 4.46. The van der Waals surface area contributed by atoms with Gasteiger partial charge in [0.2, 0.25) is 5.91 Å². The molecule has 0 radical (unpaired) electrons. The number of hydrogen-bond acceptors (Lipinski definition) is 6. The van der Waals surface area contributed by atoms with Gasteiger partial charge in [-0.05, 0) is 42.8 Å². The van der Waals surface area contributed by atoms with E-state index in [1.165, 1.54) is 0 Å². The number of ether oxygens (including phenoxy) is 2. The summed E-state index contributed by atoms with van der Waals surface area (Å²) in [5.41, 5.74) is 4.25. The number of carbonyl (C=O) groups excluding carboxylic acids is 1. The lowest BCUT2D eigenvalue weighted by atomic mass is 10.1. The van der Waals surface area contributed by atoms with Crippen LogP contribution in [0, 0.1) is 6.92 Å². The van der Waals surface area contributed by atoms with Gasteiger partial charge in [0.1, 0.15) is 11.5 Å². The molecule has 8 heteroatoms. The molecular formula is C27H27N3O4S. The quantitative estimate of drug-likeness (QED) is 0.355. The Hall–Kier alpha value is -3.78. The van der Waals surface area contributed by atoms with E-state index in [0.29, 0.717) is 28.6 Å². The van der Waals surface area contributed by atoms with Gasteiger partial charge in [0.05, 0.1) is 37.6 Å². The van der Waals surface area contributed by atoms with Crippen molar-refractivity contribution in [1.29, 1.82) is 0 Å². The van der Waals surface area contributed by atoms with Crippen LogP contribution in [0.4, 0.5) is 0 Å². The van der Waals surface area contributed by atoms with Crippen LogP contribution >= 0.6 is 11.8 Å². The standard InChI is InChI=1S/C27H27N3O4S/c1-18-8-10-19(11-9-18)16-30-23-7-5-4-6-22(23)29-26(27(30)32)35-17-25(31)28-15-20-14-21(33-2)12-13-24(20)34-3/h4-14H,15-17H2,1-3H3,(H,28,31). The number of thioether (sulfide) groups is 1. The lowest BCUT2D eigenvalue weighted by Gasteiger charge is -2.13. The second-order valence-corrected chi connectivity index (χ2v) is 8.99. The molecule has 0 unspecified atom stereocenters. The van der Waals surface area contributed by atoms with Crippen LogP contribution in [0.5, 0.6) is 11.5 Å². The lowest BCUT2D eigenvalue weighted by Crippen LogP contribution is -2.27. The molecule has 0 spiro atoms. The summed E-state index contributed by atoms with van der Waals surface area (Å²) in [6, 6.07) is 21.1. The first-order valence-corrected chi connectivity index (χ1v) is 12.1. The van der Waals surface area contributed by atoms with Crippen molar-refractivity contribution < 1.29 is 14.3 Å². The zero-order valence-corrected chi connectivity index (χ0v) is 20.7. The second-order valence-electron chi connectivity index (χ2n) is 8.03. The molecule has 1 heterocycles. The molecule has 0 aliphatic carbocycles. The number of hydrogen-bond donors (Lipinski definition) is 1. The van der Waals surface area contributed by atoms with Gasteiger partial charge >= 0.3 is 0 Å². The van der Waals surface area contributed by atoms with Crippen LogP contribution in [-0.4, -0.2) is 35.4 Å². The Balaban J connectivity index is 1.50.